The molecule has 1 aliphatic carbocycles. The zero-order valence-electron chi connectivity index (χ0n) is 12.1. The van der Waals surface area contributed by atoms with Crippen LogP contribution < -0.4 is 5.32 Å². The van der Waals surface area contributed by atoms with Crippen molar-refractivity contribution in [3.63, 3.8) is 0 Å². The molecule has 0 spiro atoms. The average Bonchev–Trinajstić information content (AvgIpc) is 3.23. The number of hydrogen-bond donors (Lipinski definition) is 1. The van der Waals surface area contributed by atoms with Crippen molar-refractivity contribution in [3.8, 4) is 0 Å². The molecule has 2 heterocycles. The number of piperazine rings is 1. The first kappa shape index (κ1) is 14.0. The minimum Gasteiger partial charge on any atom is -0.368 e. The van der Waals surface area contributed by atoms with Gasteiger partial charge in [0.1, 0.15) is 16.8 Å². The summed E-state index contributed by atoms with van der Waals surface area (Å²) in [4.78, 5) is 13.7. The summed E-state index contributed by atoms with van der Waals surface area (Å²) in [5, 5.41) is 3.97. The maximum Gasteiger partial charge on any atom is 0.135 e. The van der Waals surface area contributed by atoms with E-state index in [1.165, 1.54) is 12.8 Å². The van der Waals surface area contributed by atoms with E-state index >= 15 is 0 Å². The van der Waals surface area contributed by atoms with Crippen LogP contribution in [0, 0.1) is 0 Å². The maximum atomic E-state index is 6.09. The van der Waals surface area contributed by atoms with Crippen LogP contribution in [0.25, 0.3) is 0 Å². The SMILES string of the molecule is CN1CCN(C)C(CNc2cc(Cl)nc(C3CC3)n2)C1. The van der Waals surface area contributed by atoms with Crippen LogP contribution in [0.3, 0.4) is 0 Å². The largest absolute Gasteiger partial charge is 0.368 e. The van der Waals surface area contributed by atoms with Crippen LogP contribution >= 0.6 is 11.6 Å². The summed E-state index contributed by atoms with van der Waals surface area (Å²) in [7, 11) is 4.36. The maximum absolute atomic E-state index is 6.09. The van der Waals surface area contributed by atoms with Gasteiger partial charge in [-0.3, -0.25) is 4.90 Å². The number of aromatic nitrogens is 2. The van der Waals surface area contributed by atoms with Crippen LogP contribution in [0.5, 0.6) is 0 Å². The summed E-state index contributed by atoms with van der Waals surface area (Å²) in [6, 6.07) is 2.33. The highest BCUT2D eigenvalue weighted by Crippen LogP contribution is 2.38. The number of anilines is 1. The lowest BCUT2D eigenvalue weighted by atomic mass is 10.2. The fourth-order valence-electron chi connectivity index (χ4n) is 2.59. The summed E-state index contributed by atoms with van der Waals surface area (Å²) >= 11 is 6.09. The Bertz CT molecular complexity index is 477. The molecule has 2 fully saturated rings. The Kier molecular flexibility index (Phi) is 4.10. The predicted octanol–water partition coefficient (Wildman–Crippen LogP) is 1.67. The molecule has 1 aromatic heterocycles. The molecule has 0 aromatic carbocycles. The first-order chi connectivity index (χ1) is 9.61. The van der Waals surface area contributed by atoms with Crippen molar-refractivity contribution in [1.82, 2.24) is 19.8 Å². The summed E-state index contributed by atoms with van der Waals surface area (Å²) in [6.07, 6.45) is 2.38. The zero-order valence-corrected chi connectivity index (χ0v) is 12.9. The summed E-state index contributed by atoms with van der Waals surface area (Å²) in [6.45, 7) is 4.22. The van der Waals surface area contributed by atoms with Gasteiger partial charge in [-0.2, -0.15) is 0 Å². The van der Waals surface area contributed by atoms with Gasteiger partial charge in [0.25, 0.3) is 0 Å². The van der Waals surface area contributed by atoms with Gasteiger partial charge in [0, 0.05) is 44.2 Å². The van der Waals surface area contributed by atoms with E-state index in [0.717, 1.165) is 37.8 Å². The number of halogens is 1. The van der Waals surface area contributed by atoms with Crippen LogP contribution in [-0.2, 0) is 0 Å². The lowest BCUT2D eigenvalue weighted by Crippen LogP contribution is -2.52. The van der Waals surface area contributed by atoms with Gasteiger partial charge in [-0.1, -0.05) is 11.6 Å². The van der Waals surface area contributed by atoms with Crippen LogP contribution in [0.2, 0.25) is 5.15 Å². The number of likely N-dealkylation sites (N-methyl/N-ethyl adjacent to an activating group) is 2. The van der Waals surface area contributed by atoms with E-state index in [0.29, 0.717) is 17.1 Å². The first-order valence-electron chi connectivity index (χ1n) is 7.29. The van der Waals surface area contributed by atoms with Gasteiger partial charge in [-0.15, -0.1) is 0 Å². The Morgan fingerprint density at radius 3 is 2.85 bits per heavy atom. The molecule has 1 N–H and O–H groups in total. The summed E-state index contributed by atoms with van der Waals surface area (Å²) in [5.41, 5.74) is 0. The fourth-order valence-corrected chi connectivity index (χ4v) is 2.78. The van der Waals surface area contributed by atoms with Crippen molar-refractivity contribution in [1.29, 1.82) is 0 Å². The summed E-state index contributed by atoms with van der Waals surface area (Å²) < 4.78 is 0. The minimum atomic E-state index is 0.506. The van der Waals surface area contributed by atoms with Crippen molar-refractivity contribution in [2.24, 2.45) is 0 Å². The smallest absolute Gasteiger partial charge is 0.135 e. The highest BCUT2D eigenvalue weighted by molar-refractivity contribution is 6.29. The van der Waals surface area contributed by atoms with Crippen molar-refractivity contribution >= 4 is 17.4 Å². The van der Waals surface area contributed by atoms with Gasteiger partial charge in [0.2, 0.25) is 0 Å². The van der Waals surface area contributed by atoms with Gasteiger partial charge in [0.05, 0.1) is 0 Å². The molecule has 1 unspecified atom stereocenters. The molecule has 2 aliphatic rings. The van der Waals surface area contributed by atoms with Crippen molar-refractivity contribution < 1.29 is 0 Å². The standard InChI is InChI=1S/C14H22ClN5/c1-19-5-6-20(2)11(9-19)8-16-13-7-12(15)17-14(18-13)10-3-4-10/h7,10-11H,3-6,8-9H2,1-2H3,(H,16,17,18). The molecular weight excluding hydrogens is 274 g/mol. The average molecular weight is 296 g/mol. The molecule has 3 rings (SSSR count). The minimum absolute atomic E-state index is 0.506. The quantitative estimate of drug-likeness (QED) is 0.856. The van der Waals surface area contributed by atoms with E-state index < -0.39 is 0 Å². The highest BCUT2D eigenvalue weighted by Gasteiger charge is 2.27. The summed E-state index contributed by atoms with van der Waals surface area (Å²) in [5.74, 6) is 2.28. The molecule has 1 saturated carbocycles. The number of nitrogens with zero attached hydrogens (tertiary/aromatic N) is 4. The molecule has 20 heavy (non-hydrogen) atoms. The number of nitrogens with one attached hydrogen (secondary N) is 1. The molecule has 1 aromatic rings. The van der Waals surface area contributed by atoms with Crippen LogP contribution in [0.1, 0.15) is 24.6 Å². The Labute approximate surface area is 125 Å². The normalized spacial score (nSPS) is 24.9. The third-order valence-electron chi connectivity index (χ3n) is 4.15. The second-order valence-corrected chi connectivity index (χ2v) is 6.37. The molecule has 0 amide bonds. The lowest BCUT2D eigenvalue weighted by Gasteiger charge is -2.37. The first-order valence-corrected chi connectivity index (χ1v) is 7.67. The van der Waals surface area contributed by atoms with E-state index in [2.05, 4.69) is 39.2 Å². The highest BCUT2D eigenvalue weighted by atomic mass is 35.5. The lowest BCUT2D eigenvalue weighted by molar-refractivity contribution is 0.122. The van der Waals surface area contributed by atoms with Crippen molar-refractivity contribution in [3.05, 3.63) is 17.0 Å². The fraction of sp³-hybridized carbons (Fsp3) is 0.714. The van der Waals surface area contributed by atoms with E-state index in [4.69, 9.17) is 11.6 Å². The van der Waals surface area contributed by atoms with Crippen molar-refractivity contribution in [2.45, 2.75) is 24.8 Å². The number of rotatable bonds is 4. The van der Waals surface area contributed by atoms with Gasteiger partial charge in [0.15, 0.2) is 0 Å². The Morgan fingerprint density at radius 2 is 2.10 bits per heavy atom. The Balaban J connectivity index is 1.62. The van der Waals surface area contributed by atoms with Crippen LogP contribution in [0.15, 0.2) is 6.07 Å². The van der Waals surface area contributed by atoms with Crippen LogP contribution in [0.4, 0.5) is 5.82 Å². The van der Waals surface area contributed by atoms with Gasteiger partial charge in [-0.05, 0) is 26.9 Å². The van der Waals surface area contributed by atoms with E-state index in [-0.39, 0.29) is 0 Å². The molecule has 1 aliphatic heterocycles. The molecule has 1 atom stereocenters. The van der Waals surface area contributed by atoms with E-state index in [1.54, 1.807) is 0 Å². The van der Waals surface area contributed by atoms with Crippen molar-refractivity contribution in [2.75, 3.05) is 45.6 Å². The molecule has 0 radical (unpaired) electrons. The molecule has 110 valence electrons. The third-order valence-corrected chi connectivity index (χ3v) is 4.35. The Morgan fingerprint density at radius 1 is 1.30 bits per heavy atom. The molecule has 0 bridgehead atoms. The van der Waals surface area contributed by atoms with Gasteiger partial charge in [-0.25, -0.2) is 9.97 Å². The predicted molar refractivity (Wildman–Crippen MR) is 81.4 cm³/mol. The molecule has 6 heteroatoms. The second kappa shape index (κ2) is 5.84. The van der Waals surface area contributed by atoms with E-state index in [1.807, 2.05) is 6.07 Å². The van der Waals surface area contributed by atoms with E-state index in [9.17, 15) is 0 Å². The number of hydrogen-bond acceptors (Lipinski definition) is 5. The topological polar surface area (TPSA) is 44.3 Å². The zero-order chi connectivity index (χ0) is 14.1. The third kappa shape index (κ3) is 3.40. The monoisotopic (exact) mass is 295 g/mol. The second-order valence-electron chi connectivity index (χ2n) is 5.99. The van der Waals surface area contributed by atoms with Crippen LogP contribution in [-0.4, -0.2) is 66.1 Å². The Hall–Kier alpha value is -0.910. The molecule has 1 saturated heterocycles. The van der Waals surface area contributed by atoms with Gasteiger partial charge >= 0.3 is 0 Å². The molecular formula is C14H22ClN5. The van der Waals surface area contributed by atoms with Gasteiger partial charge < -0.3 is 10.2 Å². The molecule has 5 nitrogen and oxygen atoms in total.